The highest BCUT2D eigenvalue weighted by Crippen LogP contribution is 2.17. The van der Waals surface area contributed by atoms with Crippen LogP contribution >= 0.6 is 0 Å². The van der Waals surface area contributed by atoms with Gasteiger partial charge >= 0.3 is 0 Å². The van der Waals surface area contributed by atoms with E-state index in [2.05, 4.69) is 17.1 Å². The van der Waals surface area contributed by atoms with Gasteiger partial charge in [-0.2, -0.15) is 0 Å². The summed E-state index contributed by atoms with van der Waals surface area (Å²) in [6.45, 7) is 4.98. The molecule has 0 radical (unpaired) electrons. The molecule has 4 nitrogen and oxygen atoms in total. The first kappa shape index (κ1) is 16.7. The maximum absolute atomic E-state index is 12.8. The van der Waals surface area contributed by atoms with Crippen LogP contribution in [0.25, 0.3) is 0 Å². The van der Waals surface area contributed by atoms with Crippen LogP contribution in [0.4, 0.5) is 4.39 Å². The number of hydrogen-bond donors (Lipinski definition) is 1. The minimum absolute atomic E-state index is 0.000443. The summed E-state index contributed by atoms with van der Waals surface area (Å²) >= 11 is 0. The second kappa shape index (κ2) is 8.73. The number of halogens is 1. The van der Waals surface area contributed by atoms with Gasteiger partial charge < -0.3 is 10.1 Å². The second-order valence-corrected chi connectivity index (χ2v) is 5.64. The first-order valence-corrected chi connectivity index (χ1v) is 8.11. The Morgan fingerprint density at radius 2 is 2.14 bits per heavy atom. The predicted octanol–water partition coefficient (Wildman–Crippen LogP) is 2.59. The molecule has 22 heavy (non-hydrogen) atoms. The van der Waals surface area contributed by atoms with Crippen LogP contribution in [0.2, 0.25) is 0 Å². The molecule has 1 atom stereocenters. The highest BCUT2D eigenvalue weighted by molar-refractivity contribution is 5.81. The third-order valence-corrected chi connectivity index (χ3v) is 3.91. The molecule has 0 aromatic heterocycles. The second-order valence-electron chi connectivity index (χ2n) is 5.64. The van der Waals surface area contributed by atoms with Crippen molar-refractivity contribution in [2.45, 2.75) is 38.6 Å². The average Bonchev–Trinajstić information content (AvgIpc) is 2.54. The van der Waals surface area contributed by atoms with Crippen molar-refractivity contribution >= 4 is 5.91 Å². The average molecular weight is 308 g/mol. The topological polar surface area (TPSA) is 41.6 Å². The Bertz CT molecular complexity index is 462. The minimum Gasteiger partial charge on any atom is -0.492 e. The molecule has 0 aliphatic carbocycles. The Balaban J connectivity index is 1.71. The van der Waals surface area contributed by atoms with Gasteiger partial charge in [-0.15, -0.1) is 0 Å². The van der Waals surface area contributed by atoms with Crippen molar-refractivity contribution in [2.75, 3.05) is 26.2 Å². The number of likely N-dealkylation sites (tertiary alicyclic amines) is 1. The molecule has 1 amide bonds. The van der Waals surface area contributed by atoms with Crippen LogP contribution in [0.1, 0.15) is 32.6 Å². The lowest BCUT2D eigenvalue weighted by Gasteiger charge is -2.34. The third kappa shape index (κ3) is 4.98. The van der Waals surface area contributed by atoms with E-state index in [0.29, 0.717) is 18.9 Å². The quantitative estimate of drug-likeness (QED) is 0.787. The third-order valence-electron chi connectivity index (χ3n) is 3.91. The molecule has 5 heteroatoms. The summed E-state index contributed by atoms with van der Waals surface area (Å²) in [4.78, 5) is 14.6. The van der Waals surface area contributed by atoms with Gasteiger partial charge in [-0.25, -0.2) is 4.39 Å². The van der Waals surface area contributed by atoms with E-state index in [1.54, 1.807) is 12.1 Å². The van der Waals surface area contributed by atoms with Crippen LogP contribution in [0.15, 0.2) is 24.3 Å². The normalized spacial score (nSPS) is 18.9. The number of benzene rings is 1. The van der Waals surface area contributed by atoms with Crippen molar-refractivity contribution in [3.8, 4) is 5.75 Å². The maximum Gasteiger partial charge on any atom is 0.237 e. The molecule has 122 valence electrons. The van der Waals surface area contributed by atoms with E-state index in [0.717, 1.165) is 32.4 Å². The highest BCUT2D eigenvalue weighted by Gasteiger charge is 2.27. The molecule has 1 aliphatic heterocycles. The van der Waals surface area contributed by atoms with Crippen LogP contribution in [0.5, 0.6) is 5.75 Å². The first-order valence-electron chi connectivity index (χ1n) is 8.11. The highest BCUT2D eigenvalue weighted by atomic mass is 19.1. The molecule has 1 aromatic carbocycles. The lowest BCUT2D eigenvalue weighted by molar-refractivity contribution is -0.127. The fraction of sp³-hybridized carbons (Fsp3) is 0.588. The van der Waals surface area contributed by atoms with E-state index in [9.17, 15) is 9.18 Å². The van der Waals surface area contributed by atoms with Crippen LogP contribution in [0, 0.1) is 5.82 Å². The van der Waals surface area contributed by atoms with E-state index in [1.165, 1.54) is 18.6 Å². The lowest BCUT2D eigenvalue weighted by atomic mass is 10.0. The number of amides is 1. The van der Waals surface area contributed by atoms with E-state index < -0.39 is 0 Å². The monoisotopic (exact) mass is 308 g/mol. The molecule has 1 aliphatic rings. The smallest absolute Gasteiger partial charge is 0.237 e. The molecule has 1 unspecified atom stereocenters. The summed E-state index contributed by atoms with van der Waals surface area (Å²) in [6.07, 6.45) is 4.30. The van der Waals surface area contributed by atoms with Crippen molar-refractivity contribution in [1.29, 1.82) is 0 Å². The van der Waals surface area contributed by atoms with E-state index in [4.69, 9.17) is 4.74 Å². The maximum atomic E-state index is 12.8. The Hall–Kier alpha value is -1.62. The Morgan fingerprint density at radius 3 is 2.86 bits per heavy atom. The van der Waals surface area contributed by atoms with Gasteiger partial charge in [0.2, 0.25) is 5.91 Å². The van der Waals surface area contributed by atoms with Gasteiger partial charge in [0.1, 0.15) is 18.2 Å². The van der Waals surface area contributed by atoms with Crippen molar-refractivity contribution in [3.05, 3.63) is 30.1 Å². The zero-order valence-corrected chi connectivity index (χ0v) is 13.2. The summed E-state index contributed by atoms with van der Waals surface area (Å²) in [5.41, 5.74) is 0. The number of rotatable bonds is 7. The Morgan fingerprint density at radius 1 is 1.36 bits per heavy atom. The van der Waals surface area contributed by atoms with Crippen molar-refractivity contribution in [1.82, 2.24) is 10.2 Å². The number of carbonyl (C=O) groups is 1. The van der Waals surface area contributed by atoms with Crippen LogP contribution in [-0.4, -0.2) is 43.1 Å². The Labute approximate surface area is 131 Å². The molecule has 0 saturated carbocycles. The molecule has 1 N–H and O–H groups in total. The van der Waals surface area contributed by atoms with Crippen molar-refractivity contribution < 1.29 is 13.9 Å². The lowest BCUT2D eigenvalue weighted by Crippen LogP contribution is -2.50. The van der Waals surface area contributed by atoms with Crippen molar-refractivity contribution in [3.63, 3.8) is 0 Å². The number of ether oxygens (including phenoxy) is 1. The number of piperidine rings is 1. The predicted molar refractivity (Wildman–Crippen MR) is 84.4 cm³/mol. The largest absolute Gasteiger partial charge is 0.492 e. The zero-order valence-electron chi connectivity index (χ0n) is 13.2. The van der Waals surface area contributed by atoms with E-state index in [-0.39, 0.29) is 17.8 Å². The van der Waals surface area contributed by atoms with Gasteiger partial charge in [0.05, 0.1) is 12.6 Å². The fourth-order valence-corrected chi connectivity index (χ4v) is 2.83. The van der Waals surface area contributed by atoms with Gasteiger partial charge in [0.15, 0.2) is 0 Å². The molecule has 1 heterocycles. The molecule has 1 saturated heterocycles. The minimum atomic E-state index is -0.283. The SMILES string of the molecule is CCCN1CCCCC1C(=O)NCCOc1ccc(F)cc1. The number of nitrogens with zero attached hydrogens (tertiary/aromatic N) is 1. The van der Waals surface area contributed by atoms with Crippen LogP contribution < -0.4 is 10.1 Å². The van der Waals surface area contributed by atoms with Gasteiger partial charge in [0, 0.05) is 0 Å². The molecular weight excluding hydrogens is 283 g/mol. The van der Waals surface area contributed by atoms with Gasteiger partial charge in [-0.3, -0.25) is 9.69 Å². The molecule has 2 rings (SSSR count). The summed E-state index contributed by atoms with van der Waals surface area (Å²) in [6, 6.07) is 5.89. The zero-order chi connectivity index (χ0) is 15.8. The van der Waals surface area contributed by atoms with Gasteiger partial charge in [0.25, 0.3) is 0 Å². The van der Waals surface area contributed by atoms with Crippen LogP contribution in [0.3, 0.4) is 0 Å². The van der Waals surface area contributed by atoms with Gasteiger partial charge in [-0.05, 0) is 56.6 Å². The van der Waals surface area contributed by atoms with E-state index in [1.807, 2.05) is 0 Å². The molecule has 1 fully saturated rings. The Kier molecular flexibility index (Phi) is 6.65. The molecular formula is C17H25FN2O2. The van der Waals surface area contributed by atoms with Crippen LogP contribution in [-0.2, 0) is 4.79 Å². The summed E-state index contributed by atoms with van der Waals surface area (Å²) in [5.74, 6) is 0.422. The fourth-order valence-electron chi connectivity index (χ4n) is 2.83. The summed E-state index contributed by atoms with van der Waals surface area (Å²) < 4.78 is 18.2. The molecule has 1 aromatic rings. The van der Waals surface area contributed by atoms with E-state index >= 15 is 0 Å². The molecule has 0 spiro atoms. The molecule has 0 bridgehead atoms. The number of hydrogen-bond acceptors (Lipinski definition) is 3. The number of carbonyl (C=O) groups excluding carboxylic acids is 1. The standard InChI is InChI=1S/C17H25FN2O2/c1-2-11-20-12-4-3-5-16(20)17(21)19-10-13-22-15-8-6-14(18)7-9-15/h6-9,16H,2-5,10-13H2,1H3,(H,19,21). The van der Waals surface area contributed by atoms with Crippen molar-refractivity contribution in [2.24, 2.45) is 0 Å². The first-order chi connectivity index (χ1) is 10.7. The van der Waals surface area contributed by atoms with Gasteiger partial charge in [-0.1, -0.05) is 13.3 Å². The summed E-state index contributed by atoms with van der Waals surface area (Å²) in [5, 5.41) is 2.94. The summed E-state index contributed by atoms with van der Waals surface area (Å²) in [7, 11) is 0. The number of nitrogens with one attached hydrogen (secondary N) is 1.